The fraction of sp³-hybridized carbons (Fsp3) is 0.571. The minimum absolute atomic E-state index is 0.0100. The lowest BCUT2D eigenvalue weighted by molar-refractivity contribution is 0.297. The van der Waals surface area contributed by atoms with E-state index in [1.54, 1.807) is 0 Å². The van der Waals surface area contributed by atoms with Crippen molar-refractivity contribution in [3.05, 3.63) is 22.2 Å². The average Bonchev–Trinajstić information content (AvgIpc) is 2.50. The van der Waals surface area contributed by atoms with E-state index in [0.717, 1.165) is 28.0 Å². The van der Waals surface area contributed by atoms with Crippen molar-refractivity contribution < 1.29 is 9.47 Å². The molecule has 2 nitrogen and oxygen atoms in total. The number of ether oxygens (including phenoxy) is 2. The van der Waals surface area contributed by atoms with Gasteiger partial charge in [0, 0.05) is 10.9 Å². The summed E-state index contributed by atoms with van der Waals surface area (Å²) in [6.45, 7) is 7.76. The zero-order valence-corrected chi connectivity index (χ0v) is 13.3. The van der Waals surface area contributed by atoms with Crippen molar-refractivity contribution in [2.45, 2.75) is 32.6 Å². The Kier molecular flexibility index (Phi) is 4.12. The third-order valence-corrected chi connectivity index (χ3v) is 4.48. The molecule has 18 heavy (non-hydrogen) atoms. The number of hydrogen-bond acceptors (Lipinski definition) is 2. The lowest BCUT2D eigenvalue weighted by Gasteiger charge is -2.27. The van der Waals surface area contributed by atoms with Crippen molar-refractivity contribution in [3.8, 4) is 11.5 Å². The van der Waals surface area contributed by atoms with Gasteiger partial charge < -0.3 is 9.47 Å². The van der Waals surface area contributed by atoms with Gasteiger partial charge in [-0.05, 0) is 23.1 Å². The second-order valence-electron chi connectivity index (χ2n) is 5.60. The number of benzene rings is 1. The fourth-order valence-electron chi connectivity index (χ4n) is 1.86. The molecule has 0 N–H and O–H groups in total. The molecule has 1 atom stereocenters. The lowest BCUT2D eigenvalue weighted by Crippen LogP contribution is -2.14. The molecule has 1 unspecified atom stereocenters. The van der Waals surface area contributed by atoms with Crippen LogP contribution in [0.3, 0.4) is 0 Å². The molecule has 4 heteroatoms. The molecule has 0 aromatic heterocycles. The number of hydrogen-bond donors (Lipinski definition) is 0. The van der Waals surface area contributed by atoms with Crippen LogP contribution in [0, 0.1) is 5.41 Å². The van der Waals surface area contributed by atoms with Gasteiger partial charge in [-0.1, -0.05) is 36.7 Å². The standard InChI is InChI=1S/C14H18BrClO2/c1-14(2,3)13(16)9-7-11-12(8-10(9)15)18-6-4-5-17-11/h7-8,13H,4-6H2,1-3H3. The summed E-state index contributed by atoms with van der Waals surface area (Å²) in [7, 11) is 0. The van der Waals surface area contributed by atoms with Crippen LogP contribution >= 0.6 is 27.5 Å². The first-order valence-corrected chi connectivity index (χ1v) is 7.35. The largest absolute Gasteiger partial charge is 0.490 e. The van der Waals surface area contributed by atoms with E-state index in [4.69, 9.17) is 21.1 Å². The predicted molar refractivity (Wildman–Crippen MR) is 77.8 cm³/mol. The molecule has 0 fully saturated rings. The normalized spacial score (nSPS) is 17.2. The topological polar surface area (TPSA) is 18.5 Å². The molecule has 0 radical (unpaired) electrons. The Balaban J connectivity index is 2.41. The van der Waals surface area contributed by atoms with Crippen LogP contribution in [0.2, 0.25) is 0 Å². The highest BCUT2D eigenvalue weighted by Crippen LogP contribution is 2.45. The number of alkyl halides is 1. The van der Waals surface area contributed by atoms with Gasteiger partial charge in [0.1, 0.15) is 0 Å². The highest BCUT2D eigenvalue weighted by molar-refractivity contribution is 9.10. The Morgan fingerprint density at radius 2 is 1.72 bits per heavy atom. The zero-order valence-electron chi connectivity index (χ0n) is 10.9. The molecule has 1 aromatic rings. The molecule has 1 heterocycles. The van der Waals surface area contributed by atoms with Crippen molar-refractivity contribution in [3.63, 3.8) is 0 Å². The molecule has 0 amide bonds. The van der Waals surface area contributed by atoms with Crippen molar-refractivity contribution in [1.82, 2.24) is 0 Å². The van der Waals surface area contributed by atoms with Gasteiger partial charge >= 0.3 is 0 Å². The Labute approximate surface area is 122 Å². The third kappa shape index (κ3) is 2.94. The molecule has 1 aliphatic rings. The van der Waals surface area contributed by atoms with Gasteiger partial charge in [0.2, 0.25) is 0 Å². The summed E-state index contributed by atoms with van der Waals surface area (Å²) in [6, 6.07) is 3.95. The summed E-state index contributed by atoms with van der Waals surface area (Å²) in [5.74, 6) is 1.58. The van der Waals surface area contributed by atoms with Gasteiger partial charge in [-0.2, -0.15) is 0 Å². The molecule has 2 rings (SSSR count). The molecule has 0 spiro atoms. The molecule has 0 saturated carbocycles. The SMILES string of the molecule is CC(C)(C)C(Cl)c1cc2c(cc1Br)OCCCO2. The van der Waals surface area contributed by atoms with Crippen LogP contribution in [0.5, 0.6) is 11.5 Å². The first kappa shape index (κ1) is 14.0. The Morgan fingerprint density at radius 1 is 1.17 bits per heavy atom. The summed E-state index contributed by atoms with van der Waals surface area (Å²) < 4.78 is 12.3. The van der Waals surface area contributed by atoms with Gasteiger partial charge in [0.15, 0.2) is 11.5 Å². The minimum Gasteiger partial charge on any atom is -0.490 e. The van der Waals surface area contributed by atoms with E-state index in [1.165, 1.54) is 0 Å². The summed E-state index contributed by atoms with van der Waals surface area (Å²) in [6.07, 6.45) is 0.908. The monoisotopic (exact) mass is 332 g/mol. The zero-order chi connectivity index (χ0) is 13.3. The van der Waals surface area contributed by atoms with E-state index in [9.17, 15) is 0 Å². The number of halogens is 2. The van der Waals surface area contributed by atoms with Crippen LogP contribution in [0.15, 0.2) is 16.6 Å². The van der Waals surface area contributed by atoms with E-state index in [2.05, 4.69) is 36.7 Å². The van der Waals surface area contributed by atoms with Gasteiger partial charge in [-0.3, -0.25) is 0 Å². The first-order valence-electron chi connectivity index (χ1n) is 6.12. The van der Waals surface area contributed by atoms with E-state index in [0.29, 0.717) is 13.2 Å². The fourth-order valence-corrected chi connectivity index (χ4v) is 2.72. The van der Waals surface area contributed by atoms with Gasteiger partial charge in [0.25, 0.3) is 0 Å². The Morgan fingerprint density at radius 3 is 2.28 bits per heavy atom. The molecule has 0 aliphatic carbocycles. The van der Waals surface area contributed by atoms with E-state index >= 15 is 0 Å². The Bertz CT molecular complexity index is 440. The van der Waals surface area contributed by atoms with Gasteiger partial charge in [0.05, 0.1) is 18.6 Å². The van der Waals surface area contributed by atoms with Crippen LogP contribution in [0.25, 0.3) is 0 Å². The predicted octanol–water partition coefficient (Wildman–Crippen LogP) is 4.94. The average molecular weight is 334 g/mol. The van der Waals surface area contributed by atoms with E-state index in [-0.39, 0.29) is 10.8 Å². The van der Waals surface area contributed by atoms with Crippen molar-refractivity contribution in [2.75, 3.05) is 13.2 Å². The van der Waals surface area contributed by atoms with Gasteiger partial charge in [-0.25, -0.2) is 0 Å². The summed E-state index contributed by atoms with van der Waals surface area (Å²) in [5, 5.41) is -0.0796. The maximum atomic E-state index is 6.54. The van der Waals surface area contributed by atoms with Crippen LogP contribution in [0.4, 0.5) is 0 Å². The second kappa shape index (κ2) is 5.30. The second-order valence-corrected chi connectivity index (χ2v) is 6.89. The highest BCUT2D eigenvalue weighted by Gasteiger charge is 2.27. The van der Waals surface area contributed by atoms with Crippen LogP contribution in [0.1, 0.15) is 38.1 Å². The van der Waals surface area contributed by atoms with E-state index < -0.39 is 0 Å². The molecule has 100 valence electrons. The smallest absolute Gasteiger partial charge is 0.162 e. The third-order valence-electron chi connectivity index (χ3n) is 2.90. The lowest BCUT2D eigenvalue weighted by atomic mass is 9.87. The molecule has 1 aromatic carbocycles. The quantitative estimate of drug-likeness (QED) is 0.678. The number of fused-ring (bicyclic) bond motifs is 1. The highest BCUT2D eigenvalue weighted by atomic mass is 79.9. The van der Waals surface area contributed by atoms with Crippen molar-refractivity contribution >= 4 is 27.5 Å². The van der Waals surface area contributed by atoms with E-state index in [1.807, 2.05) is 12.1 Å². The first-order chi connectivity index (χ1) is 8.39. The molecular formula is C14H18BrClO2. The Hall–Kier alpha value is -0.410. The molecular weight excluding hydrogens is 316 g/mol. The van der Waals surface area contributed by atoms with Crippen molar-refractivity contribution in [1.29, 1.82) is 0 Å². The van der Waals surface area contributed by atoms with Crippen molar-refractivity contribution in [2.24, 2.45) is 5.41 Å². The summed E-state index contributed by atoms with van der Waals surface area (Å²) >= 11 is 10.1. The maximum Gasteiger partial charge on any atom is 0.162 e. The summed E-state index contributed by atoms with van der Waals surface area (Å²) in [4.78, 5) is 0. The van der Waals surface area contributed by atoms with Crippen LogP contribution in [-0.4, -0.2) is 13.2 Å². The minimum atomic E-state index is -0.0796. The molecule has 0 saturated heterocycles. The van der Waals surface area contributed by atoms with Crippen LogP contribution < -0.4 is 9.47 Å². The van der Waals surface area contributed by atoms with Crippen LogP contribution in [-0.2, 0) is 0 Å². The number of rotatable bonds is 1. The van der Waals surface area contributed by atoms with Gasteiger partial charge in [-0.15, -0.1) is 11.6 Å². The maximum absolute atomic E-state index is 6.54. The molecule has 0 bridgehead atoms. The molecule has 1 aliphatic heterocycles. The summed E-state index contributed by atoms with van der Waals surface area (Å²) in [5.41, 5.74) is 1.04.